The number of rotatable bonds is 11. The number of ether oxygens (including phenoxy) is 1. The van der Waals surface area contributed by atoms with Crippen molar-refractivity contribution >= 4 is 52.2 Å². The first kappa shape index (κ1) is 49.0. The Hall–Kier alpha value is -6.64. The lowest BCUT2D eigenvalue weighted by atomic mass is 9.85. The monoisotopic (exact) mass is 1000 g/mol. The van der Waals surface area contributed by atoms with Crippen molar-refractivity contribution in [2.45, 2.75) is 117 Å². The number of β-amino-alcohol motifs (C(OH)–C–C–N with tert-alkyl or cyclic N) is 1. The number of alkyl halides is 2. The average molecular weight is 1000 g/mol. The number of aliphatic hydroxyl groups is 1. The molecule has 0 radical (unpaired) electrons. The molecule has 2 fully saturated rings. The highest BCUT2D eigenvalue weighted by Crippen LogP contribution is 2.44. The van der Waals surface area contributed by atoms with E-state index >= 15 is 8.78 Å². The van der Waals surface area contributed by atoms with E-state index in [9.17, 15) is 24.3 Å². The number of nitrogens with zero attached hydrogens (tertiary/aromatic N) is 9. The Labute approximate surface area is 419 Å². The van der Waals surface area contributed by atoms with E-state index in [1.807, 2.05) is 41.0 Å². The van der Waals surface area contributed by atoms with E-state index in [-0.39, 0.29) is 59.8 Å². The SMILES string of the molecule is CC(=O)N1CCc2c(c(N3CCCc4cc(-c5ccn6c(C(=O)N[C@H](C(=O)N7C[C@H](O)C[C@H]7C(=O)NCc7ccc(-c8scnc8C)cc7)C(C)(C)C)cnc6n5)c(C(F)F)cc43)nn2C2CCOCC2)C1. The molecule has 4 aromatic heterocycles. The summed E-state index contributed by atoms with van der Waals surface area (Å²) in [7, 11) is 0. The number of nitrogens with one attached hydrogen (secondary N) is 2. The van der Waals surface area contributed by atoms with E-state index < -0.39 is 47.7 Å². The van der Waals surface area contributed by atoms with Gasteiger partial charge >= 0.3 is 0 Å². The van der Waals surface area contributed by atoms with Gasteiger partial charge < -0.3 is 35.2 Å². The molecule has 4 amide bonds. The predicted molar refractivity (Wildman–Crippen MR) is 266 cm³/mol. The van der Waals surface area contributed by atoms with Crippen molar-refractivity contribution in [3.8, 4) is 21.7 Å². The number of anilines is 2. The Morgan fingerprint density at radius 1 is 1.01 bits per heavy atom. The van der Waals surface area contributed by atoms with Gasteiger partial charge in [0.1, 0.15) is 17.8 Å². The van der Waals surface area contributed by atoms with Gasteiger partial charge in [-0.2, -0.15) is 5.10 Å². The number of likely N-dealkylation sites (tertiary alicyclic amines) is 1. The summed E-state index contributed by atoms with van der Waals surface area (Å²) in [5.41, 5.74) is 7.64. The van der Waals surface area contributed by atoms with Crippen LogP contribution in [0.5, 0.6) is 0 Å². The number of aromatic nitrogens is 6. The molecule has 0 aliphatic carbocycles. The van der Waals surface area contributed by atoms with Crippen molar-refractivity contribution in [3.63, 3.8) is 0 Å². The quantitative estimate of drug-likeness (QED) is 0.125. The van der Waals surface area contributed by atoms with Crippen LogP contribution in [-0.2, 0) is 45.1 Å². The van der Waals surface area contributed by atoms with Gasteiger partial charge in [0.15, 0.2) is 5.82 Å². The second-order valence-electron chi connectivity index (χ2n) is 20.3. The smallest absolute Gasteiger partial charge is 0.270 e. The summed E-state index contributed by atoms with van der Waals surface area (Å²) in [6.07, 6.45) is 2.77. The minimum absolute atomic E-state index is 0.0272. The lowest BCUT2D eigenvalue weighted by Gasteiger charge is -2.35. The summed E-state index contributed by atoms with van der Waals surface area (Å²) in [4.78, 5) is 74.5. The maximum Gasteiger partial charge on any atom is 0.270 e. The fraction of sp³-hybridized carbons (Fsp3) is 0.462. The molecule has 0 unspecified atom stereocenters. The van der Waals surface area contributed by atoms with Crippen LogP contribution in [0.25, 0.3) is 27.5 Å². The van der Waals surface area contributed by atoms with Gasteiger partial charge in [0.25, 0.3) is 12.3 Å². The molecule has 17 nitrogen and oxygen atoms in total. The summed E-state index contributed by atoms with van der Waals surface area (Å²) >= 11 is 1.56. The number of hydrogen-bond donors (Lipinski definition) is 3. The standard InChI is InChI=1S/C52H59F2N11O6S/c1-29-44(72-28-57-29)32-10-8-31(9-11-32)24-55-48(68)42-22-35(67)26-64(42)50(70)45(52(3,4)5)59-49(69)43-25-56-51-58-39(12-18-63(43)51)36-21-33-7-6-16-62(41(33)23-37(36)46(53)54)47-38-27-61(30(2)66)17-13-40(38)65(60-47)34-14-19-71-20-15-34/h8-12,18,21,23,25,28,34-35,42,45-46,67H,6-7,13-17,19-20,22,24,26-27H2,1-5H3,(H,55,68)(H,59,69)/t35-,42+,45-/m1/s1. The van der Waals surface area contributed by atoms with Crippen LogP contribution in [0.3, 0.4) is 0 Å². The number of imidazole rings is 1. The average Bonchev–Trinajstić information content (AvgIpc) is 4.19. The van der Waals surface area contributed by atoms with Crippen LogP contribution in [0.15, 0.2) is 60.4 Å². The van der Waals surface area contributed by atoms with Crippen molar-refractivity contribution in [2.75, 3.05) is 37.7 Å². The zero-order valence-electron chi connectivity index (χ0n) is 41.0. The van der Waals surface area contributed by atoms with Gasteiger partial charge in [0.2, 0.25) is 23.5 Å². The number of benzene rings is 2. The van der Waals surface area contributed by atoms with Crippen molar-refractivity contribution in [1.82, 2.24) is 49.6 Å². The van der Waals surface area contributed by atoms with Gasteiger partial charge in [-0.25, -0.2) is 23.7 Å². The Balaban J connectivity index is 0.874. The predicted octanol–water partition coefficient (Wildman–Crippen LogP) is 6.73. The fourth-order valence-electron chi connectivity index (χ4n) is 10.6. The van der Waals surface area contributed by atoms with Gasteiger partial charge in [-0.05, 0) is 72.9 Å². The summed E-state index contributed by atoms with van der Waals surface area (Å²) < 4.78 is 39.8. The van der Waals surface area contributed by atoms with E-state index in [4.69, 9.17) is 9.84 Å². The van der Waals surface area contributed by atoms with Crippen molar-refractivity contribution in [2.24, 2.45) is 5.41 Å². The molecule has 72 heavy (non-hydrogen) atoms. The molecule has 4 aliphatic heterocycles. The van der Waals surface area contributed by atoms with Gasteiger partial charge in [0, 0.05) is 93.4 Å². The lowest BCUT2D eigenvalue weighted by molar-refractivity contribution is -0.142. The number of aliphatic hydroxyl groups excluding tert-OH is 1. The molecule has 0 bridgehead atoms. The molecule has 3 atom stereocenters. The van der Waals surface area contributed by atoms with Crippen LogP contribution in [0, 0.1) is 12.3 Å². The van der Waals surface area contributed by atoms with Crippen LogP contribution >= 0.6 is 11.3 Å². The summed E-state index contributed by atoms with van der Waals surface area (Å²) in [5, 5.41) is 21.8. The van der Waals surface area contributed by atoms with Crippen LogP contribution < -0.4 is 15.5 Å². The van der Waals surface area contributed by atoms with Gasteiger partial charge in [-0.3, -0.25) is 28.3 Å². The number of fused-ring (bicyclic) bond motifs is 3. The number of thiazole rings is 1. The molecule has 20 heteroatoms. The Morgan fingerprint density at radius 3 is 2.50 bits per heavy atom. The molecule has 0 spiro atoms. The second-order valence-corrected chi connectivity index (χ2v) is 21.2. The van der Waals surface area contributed by atoms with Crippen LogP contribution in [0.2, 0.25) is 0 Å². The highest BCUT2D eigenvalue weighted by atomic mass is 32.1. The van der Waals surface area contributed by atoms with Crippen molar-refractivity contribution < 1.29 is 37.8 Å². The summed E-state index contributed by atoms with van der Waals surface area (Å²) in [6, 6.07) is 10.7. The highest BCUT2D eigenvalue weighted by Gasteiger charge is 2.45. The molecule has 2 aromatic carbocycles. The van der Waals surface area contributed by atoms with Gasteiger partial charge in [-0.1, -0.05) is 45.0 Å². The fourth-order valence-corrected chi connectivity index (χ4v) is 11.4. The molecular weight excluding hydrogens is 945 g/mol. The van der Waals surface area contributed by atoms with Crippen LogP contribution in [-0.4, -0.2) is 119 Å². The maximum absolute atomic E-state index is 15.3. The first-order chi connectivity index (χ1) is 34.5. The molecular formula is C52H59F2N11O6S. The van der Waals surface area contributed by atoms with E-state index in [1.54, 1.807) is 62.9 Å². The van der Waals surface area contributed by atoms with Gasteiger partial charge in [-0.15, -0.1) is 11.3 Å². The van der Waals surface area contributed by atoms with E-state index in [1.165, 1.54) is 21.6 Å². The van der Waals surface area contributed by atoms with Crippen LogP contribution in [0.1, 0.15) is 110 Å². The highest BCUT2D eigenvalue weighted by molar-refractivity contribution is 7.13. The normalized spacial score (nSPS) is 18.9. The molecule has 0 saturated carbocycles. The number of aryl methyl sites for hydroxylation is 2. The number of hydrogen-bond acceptors (Lipinski definition) is 12. The first-order valence-corrected chi connectivity index (χ1v) is 25.5. The van der Waals surface area contributed by atoms with E-state index in [0.29, 0.717) is 57.2 Å². The molecule has 8 heterocycles. The summed E-state index contributed by atoms with van der Waals surface area (Å²) in [6.45, 7) is 11.8. The topological polar surface area (TPSA) is 192 Å². The number of carbonyl (C=O) groups excluding carboxylic acids is 4. The zero-order valence-corrected chi connectivity index (χ0v) is 41.8. The second kappa shape index (κ2) is 19.8. The Kier molecular flexibility index (Phi) is 13.4. The molecule has 4 aliphatic rings. The third-order valence-corrected chi connectivity index (χ3v) is 15.5. The Morgan fingerprint density at radius 2 is 1.79 bits per heavy atom. The number of amides is 4. The zero-order chi connectivity index (χ0) is 50.6. The minimum atomic E-state index is -2.86. The molecule has 6 aromatic rings. The third-order valence-electron chi connectivity index (χ3n) is 14.5. The minimum Gasteiger partial charge on any atom is -0.391 e. The summed E-state index contributed by atoms with van der Waals surface area (Å²) in [5.74, 6) is -0.839. The maximum atomic E-state index is 15.3. The molecule has 2 saturated heterocycles. The largest absolute Gasteiger partial charge is 0.391 e. The lowest BCUT2D eigenvalue weighted by Crippen LogP contribution is -2.57. The molecule has 10 rings (SSSR count). The third kappa shape index (κ3) is 9.46. The van der Waals surface area contributed by atoms with Crippen LogP contribution in [0.4, 0.5) is 20.3 Å². The molecule has 378 valence electrons. The number of carbonyl (C=O) groups is 4. The Bertz CT molecular complexity index is 3050. The van der Waals surface area contributed by atoms with Gasteiger partial charge in [0.05, 0.1) is 46.7 Å². The number of halogens is 2. The van der Waals surface area contributed by atoms with Crippen molar-refractivity contribution in [3.05, 3.63) is 99.7 Å². The van der Waals surface area contributed by atoms with E-state index in [0.717, 1.165) is 57.8 Å². The molecule has 3 N–H and O–H groups in total. The van der Waals surface area contributed by atoms with Crippen molar-refractivity contribution in [1.29, 1.82) is 0 Å². The van der Waals surface area contributed by atoms with E-state index in [2.05, 4.69) is 30.3 Å². The first-order valence-electron chi connectivity index (χ1n) is 24.6.